The molecule has 1 saturated heterocycles. The van der Waals surface area contributed by atoms with Gasteiger partial charge in [-0.25, -0.2) is 4.79 Å². The Morgan fingerprint density at radius 3 is 2.08 bits per heavy atom. The topological polar surface area (TPSA) is 129 Å². The summed E-state index contributed by atoms with van der Waals surface area (Å²) in [5.41, 5.74) is -0.299. The van der Waals surface area contributed by atoms with Gasteiger partial charge < -0.3 is 24.1 Å². The molecule has 2 aromatic rings. The summed E-state index contributed by atoms with van der Waals surface area (Å²) >= 11 is 0. The standard InChI is InChI=1S/C27H29NO9/c1-27(2,3)26(33)37-21-19(28-22(30)16-12-8-9-13-17(16)23(28)31)25(34-4)36-18(20(21)29)14-35-24(32)15-10-6-5-7-11-15/h5-13,18-21,25,29H,14H2,1-4H3/t18-,19-,20-,21-,25-/m1/s1. The summed E-state index contributed by atoms with van der Waals surface area (Å²) in [4.78, 5) is 52.7. The molecule has 2 aliphatic rings. The number of esters is 2. The van der Waals surface area contributed by atoms with Gasteiger partial charge in [-0.15, -0.1) is 0 Å². The fourth-order valence-electron chi connectivity index (χ4n) is 4.24. The minimum absolute atomic E-state index is 0.177. The van der Waals surface area contributed by atoms with Gasteiger partial charge in [0.15, 0.2) is 12.4 Å². The van der Waals surface area contributed by atoms with Gasteiger partial charge in [-0.3, -0.25) is 19.3 Å². The summed E-state index contributed by atoms with van der Waals surface area (Å²) in [5, 5.41) is 11.3. The highest BCUT2D eigenvalue weighted by molar-refractivity contribution is 6.21. The number of carbonyl (C=O) groups excluding carboxylic acids is 4. The zero-order valence-electron chi connectivity index (χ0n) is 21.0. The number of amides is 2. The molecule has 5 atom stereocenters. The number of fused-ring (bicyclic) bond motifs is 1. The highest BCUT2D eigenvalue weighted by Crippen LogP contribution is 2.35. The summed E-state index contributed by atoms with van der Waals surface area (Å²) in [6, 6.07) is 13.2. The number of nitrogens with zero attached hydrogens (tertiary/aromatic N) is 1. The third kappa shape index (κ3) is 5.13. The highest BCUT2D eigenvalue weighted by atomic mass is 16.7. The molecule has 2 aliphatic heterocycles. The van der Waals surface area contributed by atoms with Crippen molar-refractivity contribution in [1.29, 1.82) is 0 Å². The summed E-state index contributed by atoms with van der Waals surface area (Å²) in [5.74, 6) is -2.57. The van der Waals surface area contributed by atoms with Crippen LogP contribution in [0.1, 0.15) is 51.8 Å². The molecule has 196 valence electrons. The number of rotatable bonds is 6. The number of carbonyl (C=O) groups is 4. The zero-order valence-corrected chi connectivity index (χ0v) is 21.0. The van der Waals surface area contributed by atoms with Crippen LogP contribution in [0.2, 0.25) is 0 Å². The van der Waals surface area contributed by atoms with Crippen molar-refractivity contribution in [3.63, 3.8) is 0 Å². The molecule has 0 aliphatic carbocycles. The molecule has 2 aromatic carbocycles. The van der Waals surface area contributed by atoms with E-state index in [2.05, 4.69) is 0 Å². The Morgan fingerprint density at radius 2 is 1.54 bits per heavy atom. The number of aliphatic hydroxyl groups excluding tert-OH is 1. The molecular formula is C27H29NO9. The predicted octanol–water partition coefficient (Wildman–Crippen LogP) is 2.20. The van der Waals surface area contributed by atoms with E-state index >= 15 is 0 Å². The van der Waals surface area contributed by atoms with Gasteiger partial charge in [-0.05, 0) is 45.0 Å². The van der Waals surface area contributed by atoms with E-state index < -0.39 is 66.4 Å². The van der Waals surface area contributed by atoms with Crippen LogP contribution in [-0.4, -0.2) is 78.1 Å². The van der Waals surface area contributed by atoms with E-state index in [0.29, 0.717) is 5.56 Å². The van der Waals surface area contributed by atoms with Crippen LogP contribution >= 0.6 is 0 Å². The minimum atomic E-state index is -1.56. The number of benzene rings is 2. The van der Waals surface area contributed by atoms with Crippen LogP contribution in [0.25, 0.3) is 0 Å². The largest absolute Gasteiger partial charge is 0.459 e. The number of ether oxygens (including phenoxy) is 4. The number of methoxy groups -OCH3 is 1. The molecule has 0 aromatic heterocycles. The van der Waals surface area contributed by atoms with Gasteiger partial charge >= 0.3 is 11.9 Å². The van der Waals surface area contributed by atoms with Crippen molar-refractivity contribution in [1.82, 2.24) is 4.90 Å². The first-order valence-corrected chi connectivity index (χ1v) is 11.8. The van der Waals surface area contributed by atoms with Crippen molar-refractivity contribution in [2.45, 2.75) is 51.4 Å². The first kappa shape index (κ1) is 26.5. The second-order valence-electron chi connectivity index (χ2n) is 9.87. The third-order valence-corrected chi connectivity index (χ3v) is 6.24. The fourth-order valence-corrected chi connectivity index (χ4v) is 4.24. The van der Waals surface area contributed by atoms with Crippen LogP contribution in [0.15, 0.2) is 54.6 Å². The lowest BCUT2D eigenvalue weighted by Crippen LogP contribution is -2.67. The van der Waals surface area contributed by atoms with Crippen LogP contribution in [0, 0.1) is 5.41 Å². The number of hydrogen-bond donors (Lipinski definition) is 1. The summed E-state index contributed by atoms with van der Waals surface area (Å²) in [7, 11) is 1.29. The molecule has 1 fully saturated rings. The van der Waals surface area contributed by atoms with E-state index in [1.54, 1.807) is 63.2 Å². The Bertz CT molecular complexity index is 1150. The minimum Gasteiger partial charge on any atom is -0.459 e. The SMILES string of the molecule is CO[C@@H]1O[C@H](COC(=O)c2ccccc2)[C@@H](O)[C@H](OC(=O)C(C)(C)C)[C@H]1N1C(=O)c2ccccc2C1=O. The Morgan fingerprint density at radius 1 is 0.973 bits per heavy atom. The lowest BCUT2D eigenvalue weighted by molar-refractivity contribution is -0.276. The molecule has 2 heterocycles. The van der Waals surface area contributed by atoms with E-state index in [1.807, 2.05) is 0 Å². The van der Waals surface area contributed by atoms with Gasteiger partial charge in [0.05, 0.1) is 22.1 Å². The number of hydrogen-bond acceptors (Lipinski definition) is 9. The van der Waals surface area contributed by atoms with E-state index in [-0.39, 0.29) is 11.1 Å². The molecule has 0 radical (unpaired) electrons. The molecule has 10 nitrogen and oxygen atoms in total. The van der Waals surface area contributed by atoms with Gasteiger partial charge in [-0.1, -0.05) is 30.3 Å². The predicted molar refractivity (Wildman–Crippen MR) is 128 cm³/mol. The Balaban J connectivity index is 1.64. The Labute approximate surface area is 214 Å². The van der Waals surface area contributed by atoms with Crippen LogP contribution in [0.3, 0.4) is 0 Å². The molecule has 0 saturated carbocycles. The smallest absolute Gasteiger partial charge is 0.338 e. The molecule has 0 unspecified atom stereocenters. The lowest BCUT2D eigenvalue weighted by atomic mass is 9.93. The van der Waals surface area contributed by atoms with Crippen LogP contribution in [-0.2, 0) is 23.7 Å². The van der Waals surface area contributed by atoms with Gasteiger partial charge in [0.2, 0.25) is 0 Å². The van der Waals surface area contributed by atoms with Crippen molar-refractivity contribution >= 4 is 23.8 Å². The van der Waals surface area contributed by atoms with Crippen molar-refractivity contribution in [3.05, 3.63) is 71.3 Å². The lowest BCUT2D eigenvalue weighted by Gasteiger charge is -2.46. The first-order valence-electron chi connectivity index (χ1n) is 11.8. The van der Waals surface area contributed by atoms with E-state index in [4.69, 9.17) is 18.9 Å². The molecular weight excluding hydrogens is 482 g/mol. The third-order valence-electron chi connectivity index (χ3n) is 6.24. The van der Waals surface area contributed by atoms with Gasteiger partial charge in [-0.2, -0.15) is 0 Å². The maximum atomic E-state index is 13.3. The monoisotopic (exact) mass is 511 g/mol. The van der Waals surface area contributed by atoms with Gasteiger partial charge in [0.25, 0.3) is 11.8 Å². The molecule has 4 rings (SSSR count). The van der Waals surface area contributed by atoms with Gasteiger partial charge in [0, 0.05) is 7.11 Å². The molecule has 10 heteroatoms. The summed E-state index contributed by atoms with van der Waals surface area (Å²) < 4.78 is 22.4. The van der Waals surface area contributed by atoms with Gasteiger partial charge in [0.1, 0.15) is 24.9 Å². The van der Waals surface area contributed by atoms with Crippen molar-refractivity contribution in [3.8, 4) is 0 Å². The molecule has 2 amide bonds. The molecule has 1 N–H and O–H groups in total. The highest BCUT2D eigenvalue weighted by Gasteiger charge is 2.56. The average Bonchev–Trinajstić information content (AvgIpc) is 3.13. The Kier molecular flexibility index (Phi) is 7.44. The fraction of sp³-hybridized carbons (Fsp3) is 0.407. The second kappa shape index (κ2) is 10.4. The quantitative estimate of drug-likeness (QED) is 0.458. The zero-order chi connectivity index (χ0) is 26.9. The maximum Gasteiger partial charge on any atom is 0.338 e. The first-order chi connectivity index (χ1) is 17.5. The van der Waals surface area contributed by atoms with E-state index in [9.17, 15) is 24.3 Å². The van der Waals surface area contributed by atoms with Crippen LogP contribution in [0.5, 0.6) is 0 Å². The summed E-state index contributed by atoms with van der Waals surface area (Å²) in [6.07, 6.45) is -5.45. The molecule has 0 bridgehead atoms. The van der Waals surface area contributed by atoms with E-state index in [1.165, 1.54) is 19.2 Å². The van der Waals surface area contributed by atoms with Crippen molar-refractivity contribution < 1.29 is 43.2 Å². The number of imide groups is 1. The number of aliphatic hydroxyl groups is 1. The normalized spacial score (nSPS) is 25.5. The van der Waals surface area contributed by atoms with Crippen molar-refractivity contribution in [2.75, 3.05) is 13.7 Å². The van der Waals surface area contributed by atoms with Crippen molar-refractivity contribution in [2.24, 2.45) is 5.41 Å². The van der Waals surface area contributed by atoms with Crippen LogP contribution in [0.4, 0.5) is 0 Å². The summed E-state index contributed by atoms with van der Waals surface area (Å²) in [6.45, 7) is 4.49. The molecule has 0 spiro atoms. The second-order valence-corrected chi connectivity index (χ2v) is 9.87. The molecule has 37 heavy (non-hydrogen) atoms. The van der Waals surface area contributed by atoms with Crippen LogP contribution < -0.4 is 0 Å². The average molecular weight is 512 g/mol. The van der Waals surface area contributed by atoms with E-state index in [0.717, 1.165) is 4.90 Å². The Hall–Kier alpha value is -3.60. The maximum absolute atomic E-state index is 13.3.